The topological polar surface area (TPSA) is 62.5 Å². The van der Waals surface area contributed by atoms with Crippen LogP contribution in [0.1, 0.15) is 32.8 Å². The molecule has 1 aromatic heterocycles. The number of fused-ring (bicyclic) bond motifs is 1. The summed E-state index contributed by atoms with van der Waals surface area (Å²) in [6.45, 7) is 10.5. The summed E-state index contributed by atoms with van der Waals surface area (Å²) in [6, 6.07) is 8.09. The Morgan fingerprint density at radius 2 is 1.88 bits per heavy atom. The molecule has 26 heavy (non-hydrogen) atoms. The number of rotatable bonds is 3. The Labute approximate surface area is 163 Å². The molecule has 3 rings (SSSR count). The summed E-state index contributed by atoms with van der Waals surface area (Å²) in [4.78, 5) is 21.2. The van der Waals surface area contributed by atoms with Crippen LogP contribution in [0.25, 0.3) is 10.9 Å². The number of hydrogen-bond donors (Lipinski definition) is 1. The number of nitrogens with zero attached hydrogens (tertiary/aromatic N) is 3. The number of amides is 1. The van der Waals surface area contributed by atoms with Crippen LogP contribution in [0.2, 0.25) is 0 Å². The van der Waals surface area contributed by atoms with Crippen LogP contribution in [-0.2, 0) is 11.3 Å². The minimum Gasteiger partial charge on any atom is -0.384 e. The average molecular weight is 419 g/mol. The fraction of sp³-hybridized carbons (Fsp3) is 0.500. The molecule has 2 heterocycles. The zero-order valence-corrected chi connectivity index (χ0v) is 17.3. The van der Waals surface area contributed by atoms with Crippen LogP contribution in [-0.4, -0.2) is 46.9 Å². The highest BCUT2D eigenvalue weighted by Crippen LogP contribution is 2.25. The molecule has 1 fully saturated rings. The Balaban J connectivity index is 1.67. The van der Waals surface area contributed by atoms with Crippen LogP contribution < -0.4 is 5.73 Å². The van der Waals surface area contributed by atoms with E-state index < -0.39 is 0 Å². The molecule has 0 spiro atoms. The molecule has 0 atom stereocenters. The predicted molar refractivity (Wildman–Crippen MR) is 110 cm³/mol. The lowest BCUT2D eigenvalue weighted by atomic mass is 9.91. The zero-order chi connectivity index (χ0) is 18.9. The highest BCUT2D eigenvalue weighted by molar-refractivity contribution is 9.10. The first-order chi connectivity index (χ1) is 12.2. The number of carbonyl (C=O) groups is 1. The van der Waals surface area contributed by atoms with Gasteiger partial charge in [-0.15, -0.1) is 0 Å². The molecule has 0 saturated carbocycles. The molecular formula is C20H27BrN4O. The van der Waals surface area contributed by atoms with Crippen LogP contribution in [0.15, 0.2) is 28.7 Å². The van der Waals surface area contributed by atoms with E-state index in [2.05, 4.69) is 52.7 Å². The third kappa shape index (κ3) is 4.74. The third-order valence-electron chi connectivity index (χ3n) is 4.68. The van der Waals surface area contributed by atoms with Crippen LogP contribution in [0, 0.1) is 5.41 Å². The second-order valence-corrected chi connectivity index (χ2v) is 9.18. The SMILES string of the molecule is CC(C)(C)CC(=O)N1CCN(Cc2cc(N)nc3cc(Br)ccc23)CC1. The van der Waals surface area contributed by atoms with E-state index in [0.29, 0.717) is 12.2 Å². The lowest BCUT2D eigenvalue weighted by molar-refractivity contribution is -0.134. The van der Waals surface area contributed by atoms with E-state index in [-0.39, 0.29) is 11.3 Å². The van der Waals surface area contributed by atoms with Gasteiger partial charge in [0.05, 0.1) is 5.52 Å². The first-order valence-electron chi connectivity index (χ1n) is 9.06. The second kappa shape index (κ2) is 7.53. The molecular weight excluding hydrogens is 392 g/mol. The Kier molecular flexibility index (Phi) is 5.53. The summed E-state index contributed by atoms with van der Waals surface area (Å²) < 4.78 is 1.00. The number of piperazine rings is 1. The zero-order valence-electron chi connectivity index (χ0n) is 15.8. The average Bonchev–Trinajstić information content (AvgIpc) is 2.53. The second-order valence-electron chi connectivity index (χ2n) is 8.26. The molecule has 1 aliphatic heterocycles. The number of nitrogens with two attached hydrogens (primary N) is 1. The maximum atomic E-state index is 12.4. The molecule has 2 N–H and O–H groups in total. The minimum atomic E-state index is 0.0377. The normalized spacial score (nSPS) is 16.2. The van der Waals surface area contributed by atoms with Gasteiger partial charge in [0, 0.05) is 49.0 Å². The summed E-state index contributed by atoms with van der Waals surface area (Å²) in [6.07, 6.45) is 0.605. The van der Waals surface area contributed by atoms with E-state index >= 15 is 0 Å². The van der Waals surface area contributed by atoms with Crippen LogP contribution in [0.4, 0.5) is 5.82 Å². The lowest BCUT2D eigenvalue weighted by Gasteiger charge is -2.36. The van der Waals surface area contributed by atoms with E-state index in [1.54, 1.807) is 0 Å². The maximum Gasteiger partial charge on any atom is 0.223 e. The van der Waals surface area contributed by atoms with Gasteiger partial charge in [-0.3, -0.25) is 9.69 Å². The lowest BCUT2D eigenvalue weighted by Crippen LogP contribution is -2.48. The van der Waals surface area contributed by atoms with Crippen molar-refractivity contribution in [2.24, 2.45) is 5.41 Å². The molecule has 0 unspecified atom stereocenters. The predicted octanol–water partition coefficient (Wildman–Crippen LogP) is 3.66. The van der Waals surface area contributed by atoms with Crippen LogP contribution >= 0.6 is 15.9 Å². The van der Waals surface area contributed by atoms with Crippen molar-refractivity contribution >= 4 is 38.6 Å². The summed E-state index contributed by atoms with van der Waals surface area (Å²) >= 11 is 3.49. The number of benzene rings is 1. The number of carbonyl (C=O) groups excluding carboxylic acids is 1. The number of halogens is 1. The third-order valence-corrected chi connectivity index (χ3v) is 5.17. The molecule has 0 bridgehead atoms. The van der Waals surface area contributed by atoms with Gasteiger partial charge in [0.2, 0.25) is 5.91 Å². The number of anilines is 1. The Bertz CT molecular complexity index is 802. The van der Waals surface area contributed by atoms with E-state index in [9.17, 15) is 4.79 Å². The van der Waals surface area contributed by atoms with Gasteiger partial charge in [0.15, 0.2) is 0 Å². The van der Waals surface area contributed by atoms with Gasteiger partial charge in [0.1, 0.15) is 5.82 Å². The van der Waals surface area contributed by atoms with Gasteiger partial charge < -0.3 is 10.6 Å². The standard InChI is InChI=1S/C20H27BrN4O/c1-20(2,3)12-19(26)25-8-6-24(7-9-25)13-14-10-18(22)23-17-11-15(21)4-5-16(14)17/h4-5,10-11H,6-9,12-13H2,1-3H3,(H2,22,23). The van der Waals surface area contributed by atoms with Gasteiger partial charge in [0.25, 0.3) is 0 Å². The monoisotopic (exact) mass is 418 g/mol. The molecule has 6 heteroatoms. The fourth-order valence-corrected chi connectivity index (χ4v) is 3.74. The fourth-order valence-electron chi connectivity index (χ4n) is 3.39. The summed E-state index contributed by atoms with van der Waals surface area (Å²) in [5.74, 6) is 0.810. The van der Waals surface area contributed by atoms with Gasteiger partial charge in [-0.25, -0.2) is 4.98 Å². The highest BCUT2D eigenvalue weighted by atomic mass is 79.9. The molecule has 0 radical (unpaired) electrons. The van der Waals surface area contributed by atoms with Crippen molar-refractivity contribution in [3.8, 4) is 0 Å². The van der Waals surface area contributed by atoms with E-state index in [1.807, 2.05) is 23.1 Å². The molecule has 1 aliphatic rings. The van der Waals surface area contributed by atoms with E-state index in [0.717, 1.165) is 48.1 Å². The largest absolute Gasteiger partial charge is 0.384 e. The van der Waals surface area contributed by atoms with Gasteiger partial charge in [-0.2, -0.15) is 0 Å². The van der Waals surface area contributed by atoms with Crippen molar-refractivity contribution in [2.45, 2.75) is 33.7 Å². The first kappa shape index (κ1) is 19.1. The maximum absolute atomic E-state index is 12.4. The molecule has 140 valence electrons. The smallest absolute Gasteiger partial charge is 0.223 e. The van der Waals surface area contributed by atoms with Gasteiger partial charge >= 0.3 is 0 Å². The van der Waals surface area contributed by atoms with Crippen molar-refractivity contribution in [2.75, 3.05) is 31.9 Å². The van der Waals surface area contributed by atoms with Crippen molar-refractivity contribution in [1.82, 2.24) is 14.8 Å². The molecule has 5 nitrogen and oxygen atoms in total. The van der Waals surface area contributed by atoms with Crippen molar-refractivity contribution in [1.29, 1.82) is 0 Å². The minimum absolute atomic E-state index is 0.0377. The number of nitrogen functional groups attached to an aromatic ring is 1. The van der Waals surface area contributed by atoms with Gasteiger partial charge in [-0.1, -0.05) is 42.8 Å². The van der Waals surface area contributed by atoms with Gasteiger partial charge in [-0.05, 0) is 29.2 Å². The molecule has 1 saturated heterocycles. The summed E-state index contributed by atoms with van der Waals surface area (Å²) in [7, 11) is 0. The van der Waals surface area contributed by atoms with Crippen molar-refractivity contribution in [3.05, 3.63) is 34.3 Å². The van der Waals surface area contributed by atoms with Crippen molar-refractivity contribution in [3.63, 3.8) is 0 Å². The molecule has 1 aromatic carbocycles. The Hall–Kier alpha value is -1.66. The molecule has 0 aliphatic carbocycles. The number of aromatic nitrogens is 1. The van der Waals surface area contributed by atoms with E-state index in [4.69, 9.17) is 5.73 Å². The van der Waals surface area contributed by atoms with Crippen LogP contribution in [0.5, 0.6) is 0 Å². The summed E-state index contributed by atoms with van der Waals surface area (Å²) in [5.41, 5.74) is 8.14. The summed E-state index contributed by atoms with van der Waals surface area (Å²) in [5, 5.41) is 1.13. The molecule has 1 amide bonds. The number of pyridine rings is 1. The number of hydrogen-bond acceptors (Lipinski definition) is 4. The van der Waals surface area contributed by atoms with Crippen molar-refractivity contribution < 1.29 is 4.79 Å². The molecule has 2 aromatic rings. The highest BCUT2D eigenvalue weighted by Gasteiger charge is 2.25. The quantitative estimate of drug-likeness (QED) is 0.825. The van der Waals surface area contributed by atoms with E-state index in [1.165, 1.54) is 5.56 Å². The Morgan fingerprint density at radius 1 is 1.19 bits per heavy atom. The first-order valence-corrected chi connectivity index (χ1v) is 9.85. The Morgan fingerprint density at radius 3 is 2.54 bits per heavy atom. The van der Waals surface area contributed by atoms with Crippen LogP contribution in [0.3, 0.4) is 0 Å².